The Morgan fingerprint density at radius 1 is 1.06 bits per heavy atom. The Balaban J connectivity index is 1.35. The Labute approximate surface area is 200 Å². The first-order valence-electron chi connectivity index (χ1n) is 11.4. The molecule has 0 aliphatic carbocycles. The molecule has 184 valence electrons. The summed E-state index contributed by atoms with van der Waals surface area (Å²) in [6.07, 6.45) is -1.60. The Morgan fingerprint density at radius 3 is 2.57 bits per heavy atom. The fourth-order valence-corrected chi connectivity index (χ4v) is 4.82. The lowest BCUT2D eigenvalue weighted by Gasteiger charge is -2.45. The van der Waals surface area contributed by atoms with Crippen molar-refractivity contribution in [2.24, 2.45) is 0 Å². The predicted molar refractivity (Wildman–Crippen MR) is 122 cm³/mol. The summed E-state index contributed by atoms with van der Waals surface area (Å²) in [5.74, 6) is 0.00831. The molecule has 1 saturated heterocycles. The molecule has 0 radical (unpaired) electrons. The number of ether oxygens (including phenoxy) is 3. The highest BCUT2D eigenvalue weighted by atomic mass is 19.4. The number of amides is 1. The molecular formula is C26H25F3N2O4. The number of alkyl halides is 3. The molecule has 0 unspecified atom stereocenters. The molecule has 3 aromatic rings. The first kappa shape index (κ1) is 23.3. The Kier molecular flexibility index (Phi) is 5.96. The van der Waals surface area contributed by atoms with E-state index >= 15 is 0 Å². The molecule has 1 spiro atoms. The third kappa shape index (κ3) is 4.25. The number of halogens is 3. The molecule has 1 amide bonds. The summed E-state index contributed by atoms with van der Waals surface area (Å²) in [7, 11) is 1.44. The quantitative estimate of drug-likeness (QED) is 0.474. The standard InChI is InChI=1S/C26H25F3N2O4/c1-33-15-16-34-21-9-8-18(17-19(21)26(27,28)29)24(32)30-13-10-25(11-14-30)23-7-4-12-31(23)20-5-2-3-6-22(20)35-25/h2-9,12,17H,10-11,13-16H2,1H3. The monoisotopic (exact) mass is 486 g/mol. The third-order valence-corrected chi connectivity index (χ3v) is 6.58. The number of likely N-dealkylation sites (tertiary alicyclic amines) is 1. The molecule has 2 aromatic carbocycles. The smallest absolute Gasteiger partial charge is 0.419 e. The molecule has 2 aliphatic rings. The van der Waals surface area contributed by atoms with Gasteiger partial charge in [0.05, 0.1) is 23.6 Å². The second kappa shape index (κ2) is 8.96. The lowest BCUT2D eigenvalue weighted by molar-refractivity contribution is -0.139. The maximum Gasteiger partial charge on any atom is 0.419 e. The molecule has 35 heavy (non-hydrogen) atoms. The van der Waals surface area contributed by atoms with Crippen LogP contribution in [0.4, 0.5) is 13.2 Å². The van der Waals surface area contributed by atoms with Crippen molar-refractivity contribution in [2.45, 2.75) is 24.6 Å². The lowest BCUT2D eigenvalue weighted by Crippen LogP contribution is -2.50. The maximum absolute atomic E-state index is 13.7. The van der Waals surface area contributed by atoms with E-state index < -0.39 is 23.2 Å². The first-order chi connectivity index (χ1) is 16.8. The van der Waals surface area contributed by atoms with Gasteiger partial charge in [0, 0.05) is 44.8 Å². The fraction of sp³-hybridized carbons (Fsp3) is 0.346. The van der Waals surface area contributed by atoms with Crippen molar-refractivity contribution in [3.05, 3.63) is 77.6 Å². The van der Waals surface area contributed by atoms with Gasteiger partial charge in [0.25, 0.3) is 5.91 Å². The number of carbonyl (C=O) groups is 1. The van der Waals surface area contributed by atoms with Crippen LogP contribution >= 0.6 is 0 Å². The highest BCUT2D eigenvalue weighted by molar-refractivity contribution is 5.94. The topological polar surface area (TPSA) is 52.9 Å². The van der Waals surface area contributed by atoms with Crippen LogP contribution in [0.1, 0.15) is 34.5 Å². The van der Waals surface area contributed by atoms with Crippen LogP contribution in [0, 0.1) is 0 Å². The SMILES string of the molecule is COCCOc1ccc(C(=O)N2CCC3(CC2)Oc2ccccc2-n2cccc23)cc1C(F)(F)F. The van der Waals surface area contributed by atoms with E-state index in [1.54, 1.807) is 4.90 Å². The van der Waals surface area contributed by atoms with Gasteiger partial charge in [0.15, 0.2) is 5.60 Å². The first-order valence-corrected chi connectivity index (χ1v) is 11.4. The molecule has 0 atom stereocenters. The minimum atomic E-state index is -4.65. The zero-order chi connectivity index (χ0) is 24.6. The largest absolute Gasteiger partial charge is 0.491 e. The van der Waals surface area contributed by atoms with E-state index in [1.165, 1.54) is 19.2 Å². The molecule has 5 rings (SSSR count). The number of piperidine rings is 1. The van der Waals surface area contributed by atoms with Crippen LogP contribution < -0.4 is 9.47 Å². The number of carbonyl (C=O) groups excluding carboxylic acids is 1. The van der Waals surface area contributed by atoms with Gasteiger partial charge in [-0.3, -0.25) is 4.79 Å². The molecule has 9 heteroatoms. The van der Waals surface area contributed by atoms with Gasteiger partial charge in [-0.25, -0.2) is 0 Å². The van der Waals surface area contributed by atoms with Crippen molar-refractivity contribution in [1.29, 1.82) is 0 Å². The Morgan fingerprint density at radius 2 is 1.83 bits per heavy atom. The van der Waals surface area contributed by atoms with Crippen LogP contribution in [0.15, 0.2) is 60.8 Å². The van der Waals surface area contributed by atoms with Crippen molar-refractivity contribution in [2.75, 3.05) is 33.4 Å². The van der Waals surface area contributed by atoms with Crippen LogP contribution in [0.25, 0.3) is 5.69 Å². The van der Waals surface area contributed by atoms with E-state index in [-0.39, 0.29) is 24.5 Å². The van der Waals surface area contributed by atoms with E-state index in [2.05, 4.69) is 4.57 Å². The van der Waals surface area contributed by atoms with Crippen molar-refractivity contribution < 1.29 is 32.2 Å². The molecule has 0 N–H and O–H groups in total. The minimum Gasteiger partial charge on any atom is -0.491 e. The number of nitrogens with zero attached hydrogens (tertiary/aromatic N) is 2. The van der Waals surface area contributed by atoms with Gasteiger partial charge in [-0.15, -0.1) is 0 Å². The minimum absolute atomic E-state index is 0.0219. The van der Waals surface area contributed by atoms with Gasteiger partial charge in [-0.1, -0.05) is 12.1 Å². The van der Waals surface area contributed by atoms with Gasteiger partial charge < -0.3 is 23.7 Å². The summed E-state index contributed by atoms with van der Waals surface area (Å²) in [5.41, 5.74) is 0.387. The number of hydrogen-bond acceptors (Lipinski definition) is 4. The number of rotatable bonds is 5. The lowest BCUT2D eigenvalue weighted by atomic mass is 9.86. The van der Waals surface area contributed by atoms with E-state index in [0.717, 1.165) is 23.2 Å². The molecule has 2 aliphatic heterocycles. The Bertz CT molecular complexity index is 1230. The highest BCUT2D eigenvalue weighted by Crippen LogP contribution is 2.45. The normalized spacial score (nSPS) is 16.4. The van der Waals surface area contributed by atoms with Gasteiger partial charge in [0.1, 0.15) is 18.1 Å². The number of hydrogen-bond donors (Lipinski definition) is 0. The fourth-order valence-electron chi connectivity index (χ4n) is 4.82. The van der Waals surface area contributed by atoms with E-state index in [0.29, 0.717) is 25.9 Å². The predicted octanol–water partition coefficient (Wildman–Crippen LogP) is 5.05. The number of fused-ring (bicyclic) bond motifs is 4. The zero-order valence-corrected chi connectivity index (χ0v) is 19.2. The van der Waals surface area contributed by atoms with Gasteiger partial charge in [-0.05, 0) is 42.5 Å². The molecule has 0 saturated carbocycles. The summed E-state index contributed by atoms with van der Waals surface area (Å²) in [6.45, 7) is 0.856. The van der Waals surface area contributed by atoms with Crippen molar-refractivity contribution in [1.82, 2.24) is 9.47 Å². The number of para-hydroxylation sites is 2. The highest BCUT2D eigenvalue weighted by Gasteiger charge is 2.45. The molecule has 0 bridgehead atoms. The van der Waals surface area contributed by atoms with Crippen molar-refractivity contribution in [3.63, 3.8) is 0 Å². The third-order valence-electron chi connectivity index (χ3n) is 6.58. The van der Waals surface area contributed by atoms with E-state index in [4.69, 9.17) is 14.2 Å². The van der Waals surface area contributed by atoms with Crippen LogP contribution in [0.3, 0.4) is 0 Å². The van der Waals surface area contributed by atoms with Crippen molar-refractivity contribution >= 4 is 5.91 Å². The summed E-state index contributed by atoms with van der Waals surface area (Å²) in [6, 6.07) is 15.2. The summed E-state index contributed by atoms with van der Waals surface area (Å²) in [4.78, 5) is 14.8. The summed E-state index contributed by atoms with van der Waals surface area (Å²) < 4.78 is 59.6. The molecule has 1 fully saturated rings. The van der Waals surface area contributed by atoms with E-state index in [9.17, 15) is 18.0 Å². The van der Waals surface area contributed by atoms with Crippen LogP contribution in [-0.4, -0.2) is 48.8 Å². The Hall–Kier alpha value is -3.46. The number of methoxy groups -OCH3 is 1. The summed E-state index contributed by atoms with van der Waals surface area (Å²) >= 11 is 0. The van der Waals surface area contributed by atoms with Crippen molar-refractivity contribution in [3.8, 4) is 17.2 Å². The average Bonchev–Trinajstić information content (AvgIpc) is 3.35. The van der Waals surface area contributed by atoms with Crippen LogP contribution in [0.2, 0.25) is 0 Å². The van der Waals surface area contributed by atoms with Crippen LogP contribution in [-0.2, 0) is 16.5 Å². The van der Waals surface area contributed by atoms with Gasteiger partial charge >= 0.3 is 6.18 Å². The van der Waals surface area contributed by atoms with Gasteiger partial charge in [-0.2, -0.15) is 13.2 Å². The second-order valence-electron chi connectivity index (χ2n) is 8.67. The average molecular weight is 486 g/mol. The maximum atomic E-state index is 13.7. The molecule has 3 heterocycles. The van der Waals surface area contributed by atoms with Crippen LogP contribution in [0.5, 0.6) is 11.5 Å². The number of benzene rings is 2. The zero-order valence-electron chi connectivity index (χ0n) is 19.2. The number of aromatic nitrogens is 1. The molecular weight excluding hydrogens is 461 g/mol. The molecule has 1 aromatic heterocycles. The van der Waals surface area contributed by atoms with Gasteiger partial charge in [0.2, 0.25) is 0 Å². The van der Waals surface area contributed by atoms with E-state index in [1.807, 2.05) is 42.6 Å². The molecule has 6 nitrogen and oxygen atoms in total. The summed E-state index contributed by atoms with van der Waals surface area (Å²) in [5, 5.41) is 0. The second-order valence-corrected chi connectivity index (χ2v) is 8.67.